The highest BCUT2D eigenvalue weighted by molar-refractivity contribution is 9.10. The van der Waals surface area contributed by atoms with Crippen molar-refractivity contribution in [2.45, 2.75) is 25.0 Å². The summed E-state index contributed by atoms with van der Waals surface area (Å²) < 4.78 is 47.7. The lowest BCUT2D eigenvalue weighted by molar-refractivity contribution is -0.134. The molecule has 0 bridgehead atoms. The third-order valence-electron chi connectivity index (χ3n) is 4.87. The van der Waals surface area contributed by atoms with Gasteiger partial charge in [0, 0.05) is 23.6 Å². The fourth-order valence-electron chi connectivity index (χ4n) is 3.27. The van der Waals surface area contributed by atoms with Gasteiger partial charge in [0.05, 0.1) is 11.8 Å². The Balaban J connectivity index is 1.84. The minimum atomic E-state index is -1.76. The number of benzene rings is 2. The number of amides is 2. The van der Waals surface area contributed by atoms with E-state index >= 15 is 0 Å². The Labute approximate surface area is 184 Å². The molecule has 4 N–H and O–H groups in total. The van der Waals surface area contributed by atoms with Crippen molar-refractivity contribution in [3.63, 3.8) is 0 Å². The van der Waals surface area contributed by atoms with Crippen molar-refractivity contribution in [2.24, 2.45) is 0 Å². The number of nitrogens with zero attached hydrogens (tertiary/aromatic N) is 1. The first-order valence-corrected chi connectivity index (χ1v) is 10.1. The SMILES string of the molecule is Nc1cc(F)c(F)c(F)c1NC(=O)C(OC1CCN(C(=O)O)CC1)c1cccc(Br)c1. The molecule has 0 aliphatic carbocycles. The molecule has 0 spiro atoms. The predicted molar refractivity (Wildman–Crippen MR) is 110 cm³/mol. The number of ether oxygens (including phenoxy) is 1. The molecule has 7 nitrogen and oxygen atoms in total. The van der Waals surface area contributed by atoms with Crippen LogP contribution in [-0.4, -0.2) is 41.2 Å². The standard InChI is InChI=1S/C20H19BrF3N3O4/c21-11-3-1-2-10(8-11)18(31-12-4-6-27(7-5-12)20(29)30)19(28)26-17-14(25)9-13(22)15(23)16(17)24/h1-3,8-9,12,18H,4-7,25H2,(H,26,28)(H,29,30). The Kier molecular flexibility index (Phi) is 7.06. The van der Waals surface area contributed by atoms with Crippen LogP contribution in [0, 0.1) is 17.5 Å². The monoisotopic (exact) mass is 501 g/mol. The van der Waals surface area contributed by atoms with Gasteiger partial charge in [-0.1, -0.05) is 28.1 Å². The zero-order valence-corrected chi connectivity index (χ0v) is 17.7. The van der Waals surface area contributed by atoms with Gasteiger partial charge in [-0.15, -0.1) is 0 Å². The minimum Gasteiger partial charge on any atom is -0.465 e. The van der Waals surface area contributed by atoms with Crippen LogP contribution < -0.4 is 11.1 Å². The third kappa shape index (κ3) is 5.28. The van der Waals surface area contributed by atoms with Crippen LogP contribution in [-0.2, 0) is 9.53 Å². The zero-order valence-electron chi connectivity index (χ0n) is 16.1. The van der Waals surface area contributed by atoms with Gasteiger partial charge in [0.1, 0.15) is 5.69 Å². The number of rotatable bonds is 5. The molecular formula is C20H19BrF3N3O4. The van der Waals surface area contributed by atoms with Crippen molar-refractivity contribution in [1.29, 1.82) is 0 Å². The molecule has 1 unspecified atom stereocenters. The third-order valence-corrected chi connectivity index (χ3v) is 5.36. The van der Waals surface area contributed by atoms with Gasteiger partial charge in [-0.3, -0.25) is 4.79 Å². The van der Waals surface area contributed by atoms with Crippen molar-refractivity contribution in [3.8, 4) is 0 Å². The second-order valence-corrected chi connectivity index (χ2v) is 7.90. The lowest BCUT2D eigenvalue weighted by atomic mass is 10.1. The van der Waals surface area contributed by atoms with E-state index in [1.165, 1.54) is 4.90 Å². The van der Waals surface area contributed by atoms with Gasteiger partial charge in [0.2, 0.25) is 0 Å². The van der Waals surface area contributed by atoms with Crippen molar-refractivity contribution in [2.75, 3.05) is 24.1 Å². The summed E-state index contributed by atoms with van der Waals surface area (Å²) in [5.74, 6) is -5.69. The molecule has 2 amide bonds. The second kappa shape index (κ2) is 9.56. The van der Waals surface area contributed by atoms with E-state index in [1.807, 2.05) is 0 Å². The Hall–Kier alpha value is -2.79. The molecule has 0 saturated carbocycles. The smallest absolute Gasteiger partial charge is 0.407 e. The van der Waals surface area contributed by atoms with Gasteiger partial charge in [-0.05, 0) is 30.5 Å². The van der Waals surface area contributed by atoms with Gasteiger partial charge in [0.15, 0.2) is 23.6 Å². The highest BCUT2D eigenvalue weighted by atomic mass is 79.9. The molecule has 1 aliphatic rings. The van der Waals surface area contributed by atoms with E-state index in [-0.39, 0.29) is 13.1 Å². The van der Waals surface area contributed by atoms with Crippen LogP contribution in [0.2, 0.25) is 0 Å². The van der Waals surface area contributed by atoms with Gasteiger partial charge >= 0.3 is 6.09 Å². The number of carboxylic acid groups (broad SMARTS) is 1. The summed E-state index contributed by atoms with van der Waals surface area (Å²) in [6.45, 7) is 0.467. The lowest BCUT2D eigenvalue weighted by Crippen LogP contribution is -2.41. The number of likely N-dealkylation sites (tertiary alicyclic amines) is 1. The van der Waals surface area contributed by atoms with Gasteiger partial charge < -0.3 is 25.8 Å². The molecule has 0 aromatic heterocycles. The van der Waals surface area contributed by atoms with Gasteiger partial charge in [-0.25, -0.2) is 18.0 Å². The number of halogens is 4. The van der Waals surface area contributed by atoms with Crippen molar-refractivity contribution >= 4 is 39.3 Å². The number of piperidine rings is 1. The van der Waals surface area contributed by atoms with Crippen molar-refractivity contribution in [1.82, 2.24) is 4.90 Å². The summed E-state index contributed by atoms with van der Waals surface area (Å²) in [6.07, 6.45) is -2.01. The van der Waals surface area contributed by atoms with Crippen molar-refractivity contribution in [3.05, 3.63) is 57.8 Å². The zero-order chi connectivity index (χ0) is 22.7. The van der Waals surface area contributed by atoms with E-state index in [4.69, 9.17) is 15.6 Å². The Bertz CT molecular complexity index is 1000. The van der Waals surface area contributed by atoms with Crippen LogP contribution in [0.3, 0.4) is 0 Å². The fourth-order valence-corrected chi connectivity index (χ4v) is 3.68. The largest absolute Gasteiger partial charge is 0.465 e. The molecule has 166 valence electrons. The topological polar surface area (TPSA) is 105 Å². The normalized spacial score (nSPS) is 15.5. The summed E-state index contributed by atoms with van der Waals surface area (Å²) in [7, 11) is 0. The molecule has 1 aliphatic heterocycles. The van der Waals surface area contributed by atoms with Crippen LogP contribution in [0.4, 0.5) is 29.3 Å². The number of nitrogen functional groups attached to an aromatic ring is 1. The Morgan fingerprint density at radius 1 is 1.19 bits per heavy atom. The maximum Gasteiger partial charge on any atom is 0.407 e. The summed E-state index contributed by atoms with van der Waals surface area (Å²) in [5.41, 5.74) is 4.82. The maximum absolute atomic E-state index is 14.2. The van der Waals surface area contributed by atoms with Crippen LogP contribution >= 0.6 is 15.9 Å². The first-order chi connectivity index (χ1) is 14.7. The molecule has 2 aromatic rings. The highest BCUT2D eigenvalue weighted by Crippen LogP contribution is 2.31. The average molecular weight is 502 g/mol. The quantitative estimate of drug-likeness (QED) is 0.418. The average Bonchev–Trinajstić information content (AvgIpc) is 2.73. The van der Waals surface area contributed by atoms with E-state index < -0.39 is 53.0 Å². The number of carbonyl (C=O) groups is 2. The molecular weight excluding hydrogens is 483 g/mol. The summed E-state index contributed by atoms with van der Waals surface area (Å²) in [5, 5.41) is 11.3. The maximum atomic E-state index is 14.2. The first-order valence-electron chi connectivity index (χ1n) is 9.30. The second-order valence-electron chi connectivity index (χ2n) is 6.98. The number of hydrogen-bond acceptors (Lipinski definition) is 4. The summed E-state index contributed by atoms with van der Waals surface area (Å²) in [4.78, 5) is 25.3. The van der Waals surface area contributed by atoms with Crippen molar-refractivity contribution < 1.29 is 32.6 Å². The van der Waals surface area contributed by atoms with Gasteiger partial charge in [0.25, 0.3) is 5.91 Å². The van der Waals surface area contributed by atoms with Gasteiger partial charge in [-0.2, -0.15) is 0 Å². The van der Waals surface area contributed by atoms with E-state index in [2.05, 4.69) is 21.2 Å². The molecule has 1 saturated heterocycles. The summed E-state index contributed by atoms with van der Waals surface area (Å²) >= 11 is 3.31. The number of nitrogens with one attached hydrogen (secondary N) is 1. The fraction of sp³-hybridized carbons (Fsp3) is 0.300. The predicted octanol–water partition coefficient (Wildman–Crippen LogP) is 4.29. The minimum absolute atomic E-state index is 0.234. The molecule has 1 heterocycles. The number of hydrogen-bond donors (Lipinski definition) is 3. The first kappa shape index (κ1) is 22.9. The molecule has 1 fully saturated rings. The van der Waals surface area contributed by atoms with E-state index in [1.54, 1.807) is 24.3 Å². The van der Waals surface area contributed by atoms with E-state index in [9.17, 15) is 22.8 Å². The van der Waals surface area contributed by atoms with E-state index in [0.29, 0.717) is 28.9 Å². The highest BCUT2D eigenvalue weighted by Gasteiger charge is 2.31. The molecule has 3 rings (SSSR count). The Morgan fingerprint density at radius 2 is 1.87 bits per heavy atom. The lowest BCUT2D eigenvalue weighted by Gasteiger charge is -2.32. The number of nitrogens with two attached hydrogens (primary N) is 1. The molecule has 31 heavy (non-hydrogen) atoms. The number of anilines is 2. The van der Waals surface area contributed by atoms with Crippen LogP contribution in [0.25, 0.3) is 0 Å². The van der Waals surface area contributed by atoms with Crippen LogP contribution in [0.15, 0.2) is 34.8 Å². The summed E-state index contributed by atoms with van der Waals surface area (Å²) in [6, 6.07) is 7.22. The van der Waals surface area contributed by atoms with Crippen LogP contribution in [0.1, 0.15) is 24.5 Å². The molecule has 11 heteroatoms. The number of carbonyl (C=O) groups excluding carboxylic acids is 1. The molecule has 0 radical (unpaired) electrons. The molecule has 1 atom stereocenters. The van der Waals surface area contributed by atoms with Crippen LogP contribution in [0.5, 0.6) is 0 Å². The Morgan fingerprint density at radius 3 is 2.48 bits per heavy atom. The molecule has 2 aromatic carbocycles. The van der Waals surface area contributed by atoms with E-state index in [0.717, 1.165) is 0 Å².